The third kappa shape index (κ3) is 12.0. The van der Waals surface area contributed by atoms with E-state index in [-0.39, 0.29) is 5.75 Å². The maximum absolute atomic E-state index is 12.0. The SMILES string of the molecule is CCCCOCC1O[C@@H](CS(=O)(=O)Cl)[C@@H](OCCCC)C(OCCCC)[C@@H]1OCCCC. The molecule has 1 aliphatic rings. The first-order chi connectivity index (χ1) is 15.4. The molecule has 1 aliphatic heterocycles. The van der Waals surface area contributed by atoms with E-state index in [9.17, 15) is 8.42 Å². The molecule has 0 N–H and O–H groups in total. The standard InChI is InChI=1S/C23H45ClO7S/c1-5-9-13-27-17-19-21(28-14-10-6-2)23(30-16-12-8-4)22(29-15-11-7-3)20(31-19)18-32(24,25)26/h19-23H,5-18H2,1-4H3/t19?,20-,21+,22+,23?/m0/s1. The predicted octanol–water partition coefficient (Wildman–Crippen LogP) is 4.70. The quantitative estimate of drug-likeness (QED) is 0.188. The van der Waals surface area contributed by atoms with Gasteiger partial charge in [0, 0.05) is 37.1 Å². The van der Waals surface area contributed by atoms with Gasteiger partial charge in [0.15, 0.2) is 0 Å². The van der Waals surface area contributed by atoms with Crippen molar-refractivity contribution in [1.82, 2.24) is 0 Å². The van der Waals surface area contributed by atoms with Crippen molar-refractivity contribution in [3.8, 4) is 0 Å². The van der Waals surface area contributed by atoms with Crippen molar-refractivity contribution < 1.29 is 32.1 Å². The number of unbranched alkanes of at least 4 members (excludes halogenated alkanes) is 4. The second-order valence-corrected chi connectivity index (χ2v) is 11.2. The van der Waals surface area contributed by atoms with E-state index in [0.29, 0.717) is 33.0 Å². The summed E-state index contributed by atoms with van der Waals surface area (Å²) in [6.45, 7) is 10.9. The van der Waals surface area contributed by atoms with Gasteiger partial charge in [0.1, 0.15) is 30.5 Å². The van der Waals surface area contributed by atoms with Crippen molar-refractivity contribution >= 4 is 19.7 Å². The zero-order chi connectivity index (χ0) is 23.8. The van der Waals surface area contributed by atoms with Crippen molar-refractivity contribution in [2.24, 2.45) is 0 Å². The molecule has 192 valence electrons. The maximum Gasteiger partial charge on any atom is 0.235 e. The minimum Gasteiger partial charge on any atom is -0.379 e. The van der Waals surface area contributed by atoms with Gasteiger partial charge in [-0.1, -0.05) is 53.4 Å². The van der Waals surface area contributed by atoms with Gasteiger partial charge in [-0.25, -0.2) is 8.42 Å². The van der Waals surface area contributed by atoms with Crippen LogP contribution < -0.4 is 0 Å². The zero-order valence-electron chi connectivity index (χ0n) is 20.4. The van der Waals surface area contributed by atoms with Crippen LogP contribution in [0.25, 0.3) is 0 Å². The highest BCUT2D eigenvalue weighted by molar-refractivity contribution is 8.13. The summed E-state index contributed by atoms with van der Waals surface area (Å²) in [5.41, 5.74) is 0. The Morgan fingerprint density at radius 1 is 0.688 bits per heavy atom. The summed E-state index contributed by atoms with van der Waals surface area (Å²) in [7, 11) is 1.84. The molecule has 5 atom stereocenters. The van der Waals surface area contributed by atoms with Gasteiger partial charge in [0.25, 0.3) is 0 Å². The summed E-state index contributed by atoms with van der Waals surface area (Å²) < 4.78 is 54.7. The highest BCUT2D eigenvalue weighted by Crippen LogP contribution is 2.30. The molecule has 1 heterocycles. The van der Waals surface area contributed by atoms with E-state index >= 15 is 0 Å². The van der Waals surface area contributed by atoms with Crippen LogP contribution in [0.3, 0.4) is 0 Å². The van der Waals surface area contributed by atoms with Crippen molar-refractivity contribution in [3.05, 3.63) is 0 Å². The number of halogens is 1. The van der Waals surface area contributed by atoms with E-state index < -0.39 is 39.6 Å². The van der Waals surface area contributed by atoms with Crippen molar-refractivity contribution in [2.75, 3.05) is 38.8 Å². The summed E-state index contributed by atoms with van der Waals surface area (Å²) in [5, 5.41) is 0. The summed E-state index contributed by atoms with van der Waals surface area (Å²) >= 11 is 0. The predicted molar refractivity (Wildman–Crippen MR) is 128 cm³/mol. The van der Waals surface area contributed by atoms with Gasteiger partial charge < -0.3 is 23.7 Å². The largest absolute Gasteiger partial charge is 0.379 e. The molecular weight excluding hydrogens is 456 g/mol. The lowest BCUT2D eigenvalue weighted by molar-refractivity contribution is -0.261. The Labute approximate surface area is 200 Å². The molecule has 0 aromatic carbocycles. The van der Waals surface area contributed by atoms with Crippen LogP contribution in [0.5, 0.6) is 0 Å². The molecule has 0 amide bonds. The highest BCUT2D eigenvalue weighted by Gasteiger charge is 2.49. The lowest BCUT2D eigenvalue weighted by Gasteiger charge is -2.46. The van der Waals surface area contributed by atoms with E-state index in [2.05, 4.69) is 27.7 Å². The van der Waals surface area contributed by atoms with E-state index in [1.165, 1.54) is 0 Å². The van der Waals surface area contributed by atoms with E-state index in [1.807, 2.05) is 0 Å². The van der Waals surface area contributed by atoms with E-state index in [0.717, 1.165) is 51.4 Å². The molecule has 1 rings (SSSR count). The molecule has 0 spiro atoms. The van der Waals surface area contributed by atoms with Crippen LogP contribution in [0.4, 0.5) is 0 Å². The van der Waals surface area contributed by atoms with Gasteiger partial charge in [0.2, 0.25) is 9.05 Å². The van der Waals surface area contributed by atoms with Crippen LogP contribution >= 0.6 is 10.7 Å². The topological polar surface area (TPSA) is 80.3 Å². The summed E-state index contributed by atoms with van der Waals surface area (Å²) in [6.07, 6.45) is 5.01. The fourth-order valence-electron chi connectivity index (χ4n) is 3.59. The Kier molecular flexibility index (Phi) is 16.4. The average Bonchev–Trinajstić information content (AvgIpc) is 2.73. The van der Waals surface area contributed by atoms with Crippen molar-refractivity contribution in [1.29, 1.82) is 0 Å². The minimum atomic E-state index is -3.80. The molecular formula is C23H45ClO7S. The maximum atomic E-state index is 12.0. The smallest absolute Gasteiger partial charge is 0.235 e. The molecule has 0 bridgehead atoms. The van der Waals surface area contributed by atoms with Crippen LogP contribution in [0, 0.1) is 0 Å². The number of hydrogen-bond donors (Lipinski definition) is 0. The first-order valence-electron chi connectivity index (χ1n) is 12.4. The average molecular weight is 501 g/mol. The zero-order valence-corrected chi connectivity index (χ0v) is 22.0. The van der Waals surface area contributed by atoms with Crippen LogP contribution in [-0.4, -0.2) is 77.7 Å². The highest BCUT2D eigenvalue weighted by atomic mass is 35.7. The molecule has 1 saturated heterocycles. The number of ether oxygens (including phenoxy) is 5. The lowest BCUT2D eigenvalue weighted by Crippen LogP contribution is -2.62. The molecule has 32 heavy (non-hydrogen) atoms. The van der Waals surface area contributed by atoms with Crippen LogP contribution in [0.15, 0.2) is 0 Å². The van der Waals surface area contributed by atoms with Gasteiger partial charge in [-0.15, -0.1) is 0 Å². The first kappa shape index (κ1) is 30.1. The Bertz CT molecular complexity index is 561. The molecule has 0 radical (unpaired) electrons. The van der Waals surface area contributed by atoms with Gasteiger partial charge >= 0.3 is 0 Å². The second kappa shape index (κ2) is 17.5. The molecule has 0 aliphatic carbocycles. The third-order valence-corrected chi connectivity index (χ3v) is 6.55. The Morgan fingerprint density at radius 3 is 1.59 bits per heavy atom. The summed E-state index contributed by atoms with van der Waals surface area (Å²) in [4.78, 5) is 0. The normalized spacial score (nSPS) is 26.5. The number of rotatable bonds is 19. The molecule has 1 fully saturated rings. The monoisotopic (exact) mass is 500 g/mol. The summed E-state index contributed by atoms with van der Waals surface area (Å²) in [5.74, 6) is -0.341. The molecule has 0 aromatic heterocycles. The van der Waals surface area contributed by atoms with Gasteiger partial charge in [-0.2, -0.15) is 0 Å². The van der Waals surface area contributed by atoms with Gasteiger partial charge in [0.05, 0.1) is 12.4 Å². The summed E-state index contributed by atoms with van der Waals surface area (Å²) in [6, 6.07) is 0. The Hall–Kier alpha value is 0.0400. The lowest BCUT2D eigenvalue weighted by atomic mass is 9.94. The van der Waals surface area contributed by atoms with Crippen LogP contribution in [0.2, 0.25) is 0 Å². The van der Waals surface area contributed by atoms with Gasteiger partial charge in [-0.3, -0.25) is 0 Å². The van der Waals surface area contributed by atoms with E-state index in [1.54, 1.807) is 0 Å². The number of hydrogen-bond acceptors (Lipinski definition) is 7. The molecule has 7 nitrogen and oxygen atoms in total. The van der Waals surface area contributed by atoms with Gasteiger partial charge in [-0.05, 0) is 25.7 Å². The second-order valence-electron chi connectivity index (χ2n) is 8.41. The fraction of sp³-hybridized carbons (Fsp3) is 1.00. The van der Waals surface area contributed by atoms with Crippen LogP contribution in [-0.2, 0) is 32.7 Å². The minimum absolute atomic E-state index is 0.310. The molecule has 0 saturated carbocycles. The molecule has 0 aromatic rings. The molecule has 2 unspecified atom stereocenters. The fourth-order valence-corrected chi connectivity index (χ4v) is 4.62. The van der Waals surface area contributed by atoms with Crippen molar-refractivity contribution in [3.63, 3.8) is 0 Å². The third-order valence-electron chi connectivity index (χ3n) is 5.44. The molecule has 9 heteroatoms. The first-order valence-corrected chi connectivity index (χ1v) is 14.9. The van der Waals surface area contributed by atoms with Crippen molar-refractivity contribution in [2.45, 2.75) is 110 Å². The van der Waals surface area contributed by atoms with Crippen LogP contribution in [0.1, 0.15) is 79.1 Å². The van der Waals surface area contributed by atoms with E-state index in [4.69, 9.17) is 34.4 Å². The Balaban J connectivity index is 3.14. The Morgan fingerprint density at radius 2 is 1.12 bits per heavy atom.